The average molecular weight is 852 g/mol. The van der Waals surface area contributed by atoms with E-state index in [2.05, 4.69) is 36.0 Å². The van der Waals surface area contributed by atoms with Gasteiger partial charge in [-0.15, -0.1) is 10.2 Å². The lowest BCUT2D eigenvalue weighted by Crippen LogP contribution is -2.11. The number of nitrogens with one attached hydrogen (secondary N) is 1. The van der Waals surface area contributed by atoms with E-state index in [-0.39, 0.29) is 36.2 Å². The first-order valence-corrected chi connectivity index (χ1v) is 21.0. The van der Waals surface area contributed by atoms with Gasteiger partial charge < -0.3 is 25.0 Å². The summed E-state index contributed by atoms with van der Waals surface area (Å²) in [6.07, 6.45) is 0.739. The van der Waals surface area contributed by atoms with Gasteiger partial charge in [0.1, 0.15) is 28.6 Å². The van der Waals surface area contributed by atoms with Crippen LogP contribution in [0.4, 0.5) is 39.8 Å². The summed E-state index contributed by atoms with van der Waals surface area (Å²) in [6, 6.07) is 34.7. The average Bonchev–Trinajstić information content (AvgIpc) is 3.25. The molecule has 0 saturated heterocycles. The number of rotatable bonds is 15. The van der Waals surface area contributed by atoms with Gasteiger partial charge in [0.2, 0.25) is 0 Å². The molecule has 0 unspecified atom stereocenters. The van der Waals surface area contributed by atoms with Crippen LogP contribution in [0, 0.1) is 13.8 Å². The van der Waals surface area contributed by atoms with Crippen LogP contribution in [0.25, 0.3) is 21.5 Å². The van der Waals surface area contributed by atoms with Gasteiger partial charge in [-0.2, -0.15) is 28.9 Å². The largest absolute Gasteiger partial charge is 0.508 e. The molecule has 0 fully saturated rings. The highest BCUT2D eigenvalue weighted by molar-refractivity contribution is 7.85. The molecule has 0 aliphatic heterocycles. The fourth-order valence-electron chi connectivity index (χ4n) is 6.41. The molecule has 0 saturated carbocycles. The third-order valence-electron chi connectivity index (χ3n) is 9.72. The number of carbonyl (C=O) groups excluding carboxylic acids is 1. The van der Waals surface area contributed by atoms with Crippen LogP contribution in [0.5, 0.6) is 23.0 Å². The number of hydrogen-bond acceptors (Lipinski definition) is 13. The van der Waals surface area contributed by atoms with Crippen LogP contribution in [0.2, 0.25) is 0 Å². The van der Waals surface area contributed by atoms with Gasteiger partial charge in [0.25, 0.3) is 16.0 Å². The lowest BCUT2D eigenvalue weighted by molar-refractivity contribution is 0.102. The van der Waals surface area contributed by atoms with Gasteiger partial charge in [-0.25, -0.2) is 0 Å². The predicted octanol–water partition coefficient (Wildman–Crippen LogP) is 12.6. The third-order valence-corrected chi connectivity index (χ3v) is 10.5. The molecular weight excluding hydrogens is 811 g/mol. The first-order chi connectivity index (χ1) is 29.8. The number of methoxy groups -OCH3 is 1. The first kappa shape index (κ1) is 42.6. The van der Waals surface area contributed by atoms with E-state index < -0.39 is 10.1 Å². The van der Waals surface area contributed by atoms with E-state index in [0.717, 1.165) is 27.3 Å². The molecule has 4 N–H and O–H groups in total. The fraction of sp³-hybridized carbons (Fsp3) is 0.152. The van der Waals surface area contributed by atoms with E-state index in [1.165, 1.54) is 19.2 Å². The summed E-state index contributed by atoms with van der Waals surface area (Å²) < 4.78 is 42.3. The molecule has 0 spiro atoms. The molecular formula is C46H41N7O8S. The van der Waals surface area contributed by atoms with E-state index >= 15 is 0 Å². The van der Waals surface area contributed by atoms with Crippen molar-refractivity contribution in [3.63, 3.8) is 0 Å². The van der Waals surface area contributed by atoms with Crippen LogP contribution >= 0.6 is 0 Å². The molecule has 0 atom stereocenters. The molecule has 16 heteroatoms. The van der Waals surface area contributed by atoms with Crippen LogP contribution < -0.4 is 14.8 Å². The van der Waals surface area contributed by atoms with Crippen molar-refractivity contribution in [2.24, 2.45) is 30.7 Å². The number of aromatic hydroxyl groups is 2. The zero-order chi connectivity index (χ0) is 43.8. The third kappa shape index (κ3) is 10.6. The molecule has 15 nitrogen and oxygen atoms in total. The number of carbonyl (C=O) groups is 1. The number of phenolic OH excluding ortho intramolecular Hbond substituents is 2. The molecule has 0 radical (unpaired) electrons. The summed E-state index contributed by atoms with van der Waals surface area (Å²) in [5, 5.41) is 52.6. The van der Waals surface area contributed by atoms with Crippen LogP contribution in [0.1, 0.15) is 34.3 Å². The Morgan fingerprint density at radius 2 is 1.27 bits per heavy atom. The zero-order valence-corrected chi connectivity index (χ0v) is 34.7. The number of benzene rings is 7. The summed E-state index contributed by atoms with van der Waals surface area (Å²) in [6.45, 7) is 4.03. The Labute approximate surface area is 356 Å². The maximum atomic E-state index is 13.3. The van der Waals surface area contributed by atoms with Crippen molar-refractivity contribution in [3.8, 4) is 23.0 Å². The summed E-state index contributed by atoms with van der Waals surface area (Å²) >= 11 is 0. The van der Waals surface area contributed by atoms with Gasteiger partial charge in [-0.05, 0) is 152 Å². The van der Waals surface area contributed by atoms with Gasteiger partial charge in [0.05, 0.1) is 42.2 Å². The van der Waals surface area contributed by atoms with Gasteiger partial charge in [-0.1, -0.05) is 18.2 Å². The van der Waals surface area contributed by atoms with Gasteiger partial charge in [0, 0.05) is 22.0 Å². The second-order valence-electron chi connectivity index (χ2n) is 14.3. The van der Waals surface area contributed by atoms with E-state index in [1.54, 1.807) is 60.7 Å². The normalized spacial score (nSPS) is 11.9. The molecule has 7 aromatic carbocycles. The molecule has 0 heterocycles. The maximum Gasteiger partial charge on any atom is 0.264 e. The number of azo groups is 3. The van der Waals surface area contributed by atoms with Crippen LogP contribution in [0.15, 0.2) is 152 Å². The highest BCUT2D eigenvalue weighted by Gasteiger charge is 2.14. The minimum absolute atomic E-state index is 0.0208. The minimum atomic E-state index is -4.00. The van der Waals surface area contributed by atoms with Gasteiger partial charge >= 0.3 is 0 Å². The molecule has 0 aliphatic rings. The van der Waals surface area contributed by atoms with Crippen molar-refractivity contribution in [1.82, 2.24) is 0 Å². The zero-order valence-electron chi connectivity index (χ0n) is 33.8. The quantitative estimate of drug-likeness (QED) is 0.0441. The van der Waals surface area contributed by atoms with E-state index in [4.69, 9.17) is 14.0 Å². The SMILES string of the molecule is COc1cc(C(=O)Nc2ccc3c(OCCCCS(=O)(=O)O)cccc3c2)ccc1N=Nc1cc(C)c(N=Nc2ccc3cc(/N=N/c4ccc(O)cc4)ccc3c2O)cc1C. The minimum Gasteiger partial charge on any atom is -0.508 e. The van der Waals surface area contributed by atoms with Crippen molar-refractivity contribution in [2.45, 2.75) is 26.7 Å². The summed E-state index contributed by atoms with van der Waals surface area (Å²) in [5.41, 5.74) is 5.57. The lowest BCUT2D eigenvalue weighted by Gasteiger charge is -2.12. The number of anilines is 1. The van der Waals surface area contributed by atoms with Gasteiger partial charge in [-0.3, -0.25) is 9.35 Å². The number of hydrogen-bond donors (Lipinski definition) is 4. The topological polar surface area (TPSA) is 217 Å². The Morgan fingerprint density at radius 1 is 0.629 bits per heavy atom. The number of unbranched alkanes of at least 4 members (excludes halogenated alkanes) is 1. The second-order valence-corrected chi connectivity index (χ2v) is 15.8. The molecule has 7 aromatic rings. The molecule has 0 bridgehead atoms. The monoisotopic (exact) mass is 851 g/mol. The Bertz CT molecular complexity index is 3010. The number of phenols is 2. The van der Waals surface area contributed by atoms with Crippen molar-refractivity contribution >= 4 is 77.4 Å². The number of ether oxygens (including phenoxy) is 2. The summed E-state index contributed by atoms with van der Waals surface area (Å²) in [5.74, 6) is 0.427. The Balaban J connectivity index is 0.992. The van der Waals surface area contributed by atoms with Crippen molar-refractivity contribution in [2.75, 3.05) is 24.8 Å². The molecule has 314 valence electrons. The van der Waals surface area contributed by atoms with E-state index in [1.807, 2.05) is 62.4 Å². The molecule has 62 heavy (non-hydrogen) atoms. The number of nitrogens with zero attached hydrogens (tertiary/aromatic N) is 6. The van der Waals surface area contributed by atoms with Crippen LogP contribution in [-0.4, -0.2) is 48.6 Å². The van der Waals surface area contributed by atoms with Crippen LogP contribution in [-0.2, 0) is 10.1 Å². The lowest BCUT2D eigenvalue weighted by atomic mass is 10.1. The van der Waals surface area contributed by atoms with Gasteiger partial charge in [0.15, 0.2) is 5.75 Å². The molecule has 1 amide bonds. The number of aryl methyl sites for hydroxylation is 2. The standard InChI is InChI=1S/C46H41N7O8S/c1-28-24-42(53-51-40-20-9-31-26-35(14-18-38(31)45(40)55)49-48-33-11-15-36(54)16-12-33)29(2)23-41(28)52-50-39-19-10-32(27-44(39)60-3)46(56)47-34-13-17-37-30(25-34)7-6-8-43(37)61-21-4-5-22-62(57,58)59/h6-20,23-27,54-55H,4-5,21-22H2,1-3H3,(H,47,56)(H,57,58,59)/b49-48+,52-50?,53-51?. The highest BCUT2D eigenvalue weighted by Crippen LogP contribution is 2.39. The van der Waals surface area contributed by atoms with Crippen molar-refractivity contribution < 1.29 is 37.5 Å². The Kier molecular flexibility index (Phi) is 12.9. The number of amides is 1. The van der Waals surface area contributed by atoms with Crippen molar-refractivity contribution in [3.05, 3.63) is 138 Å². The number of fused-ring (bicyclic) bond motifs is 2. The van der Waals surface area contributed by atoms with E-state index in [9.17, 15) is 23.4 Å². The fourth-order valence-corrected chi connectivity index (χ4v) is 6.98. The predicted molar refractivity (Wildman–Crippen MR) is 238 cm³/mol. The second kappa shape index (κ2) is 18.8. The molecule has 0 aromatic heterocycles. The highest BCUT2D eigenvalue weighted by atomic mass is 32.2. The molecule has 0 aliphatic carbocycles. The molecule has 7 rings (SSSR count). The Morgan fingerprint density at radius 3 is 2.00 bits per heavy atom. The Hall–Kier alpha value is -7.56. The van der Waals surface area contributed by atoms with E-state index in [0.29, 0.717) is 68.7 Å². The summed E-state index contributed by atoms with van der Waals surface area (Å²) in [7, 11) is -2.52. The summed E-state index contributed by atoms with van der Waals surface area (Å²) in [4.78, 5) is 13.3. The smallest absolute Gasteiger partial charge is 0.264 e. The van der Waals surface area contributed by atoms with Crippen LogP contribution in [0.3, 0.4) is 0 Å². The van der Waals surface area contributed by atoms with Crippen molar-refractivity contribution in [1.29, 1.82) is 0 Å². The maximum absolute atomic E-state index is 13.3. The first-order valence-electron chi connectivity index (χ1n) is 19.3.